The van der Waals surface area contributed by atoms with E-state index in [9.17, 15) is 27.2 Å². The zero-order chi connectivity index (χ0) is 16.8. The molecular formula is C12H14ClF4N3O3. The number of ether oxygens (including phenoxy) is 1. The minimum absolute atomic E-state index is 0. The van der Waals surface area contributed by atoms with Crippen molar-refractivity contribution in [2.24, 2.45) is 5.73 Å². The standard InChI is InChI=1S/C12H13F4N3O3.ClH/c13-7-1-2-8(9(3-7)22-6-12(14,15)16)19-11(21)5-18-10(20)4-17;/h1-3H,4-6,17H2,(H,18,20)(H,19,21);1H. The van der Waals surface area contributed by atoms with E-state index < -0.39 is 42.7 Å². The van der Waals surface area contributed by atoms with E-state index in [0.29, 0.717) is 6.07 Å². The van der Waals surface area contributed by atoms with Gasteiger partial charge in [0, 0.05) is 6.07 Å². The Morgan fingerprint density at radius 1 is 1.22 bits per heavy atom. The molecule has 0 heterocycles. The summed E-state index contributed by atoms with van der Waals surface area (Å²) in [5.41, 5.74) is 4.86. The molecule has 4 N–H and O–H groups in total. The maximum atomic E-state index is 13.1. The van der Waals surface area contributed by atoms with Crippen molar-refractivity contribution in [2.75, 3.05) is 25.0 Å². The van der Waals surface area contributed by atoms with Crippen LogP contribution in [0, 0.1) is 5.82 Å². The third kappa shape index (κ3) is 8.21. The Morgan fingerprint density at radius 3 is 2.43 bits per heavy atom. The van der Waals surface area contributed by atoms with Gasteiger partial charge in [-0.1, -0.05) is 0 Å². The molecule has 0 aliphatic carbocycles. The second-order valence-corrected chi connectivity index (χ2v) is 4.07. The predicted molar refractivity (Wildman–Crippen MR) is 75.9 cm³/mol. The van der Waals surface area contributed by atoms with Crippen LogP contribution in [0.15, 0.2) is 18.2 Å². The number of nitrogens with one attached hydrogen (secondary N) is 2. The Kier molecular flexibility index (Phi) is 8.33. The Hall–Kier alpha value is -2.07. The van der Waals surface area contributed by atoms with E-state index in [2.05, 4.69) is 15.4 Å². The lowest BCUT2D eigenvalue weighted by Gasteiger charge is -2.14. The number of halogens is 5. The van der Waals surface area contributed by atoms with Gasteiger partial charge in [0.1, 0.15) is 11.6 Å². The maximum absolute atomic E-state index is 13.1. The monoisotopic (exact) mass is 359 g/mol. The van der Waals surface area contributed by atoms with Gasteiger partial charge >= 0.3 is 6.18 Å². The number of hydrogen-bond acceptors (Lipinski definition) is 4. The highest BCUT2D eigenvalue weighted by Gasteiger charge is 2.29. The van der Waals surface area contributed by atoms with Gasteiger partial charge in [0.2, 0.25) is 11.8 Å². The molecule has 0 fully saturated rings. The summed E-state index contributed by atoms with van der Waals surface area (Å²) in [6.07, 6.45) is -4.61. The number of carbonyl (C=O) groups excluding carboxylic acids is 2. The SMILES string of the molecule is Cl.NCC(=O)NCC(=O)Nc1ccc(F)cc1OCC(F)(F)F. The van der Waals surface area contributed by atoms with Gasteiger partial charge in [-0.2, -0.15) is 13.2 Å². The quantitative estimate of drug-likeness (QED) is 0.665. The molecule has 0 saturated heterocycles. The van der Waals surface area contributed by atoms with Crippen LogP contribution in [0.1, 0.15) is 0 Å². The second-order valence-electron chi connectivity index (χ2n) is 4.07. The Balaban J connectivity index is 0.00000484. The van der Waals surface area contributed by atoms with E-state index in [-0.39, 0.29) is 24.6 Å². The molecule has 0 aromatic heterocycles. The van der Waals surface area contributed by atoms with Crippen molar-refractivity contribution in [2.45, 2.75) is 6.18 Å². The van der Waals surface area contributed by atoms with Crippen molar-refractivity contribution in [1.82, 2.24) is 5.32 Å². The van der Waals surface area contributed by atoms with E-state index in [1.54, 1.807) is 0 Å². The maximum Gasteiger partial charge on any atom is 0.422 e. The van der Waals surface area contributed by atoms with Crippen LogP contribution in [0.4, 0.5) is 23.2 Å². The molecule has 0 atom stereocenters. The first-order valence-corrected chi connectivity index (χ1v) is 5.97. The van der Waals surface area contributed by atoms with Gasteiger partial charge in [0.15, 0.2) is 6.61 Å². The fourth-order valence-electron chi connectivity index (χ4n) is 1.32. The van der Waals surface area contributed by atoms with Gasteiger partial charge in [0.05, 0.1) is 18.8 Å². The molecule has 1 aromatic rings. The van der Waals surface area contributed by atoms with E-state index in [0.717, 1.165) is 12.1 Å². The Morgan fingerprint density at radius 2 is 1.87 bits per heavy atom. The summed E-state index contributed by atoms with van der Waals surface area (Å²) >= 11 is 0. The molecule has 0 radical (unpaired) electrons. The number of nitrogens with two attached hydrogens (primary N) is 1. The molecule has 11 heteroatoms. The fraction of sp³-hybridized carbons (Fsp3) is 0.333. The van der Waals surface area contributed by atoms with Crippen molar-refractivity contribution >= 4 is 29.9 Å². The van der Waals surface area contributed by atoms with Crippen molar-refractivity contribution in [3.8, 4) is 5.75 Å². The topological polar surface area (TPSA) is 93.5 Å². The molecule has 6 nitrogen and oxygen atoms in total. The normalized spacial score (nSPS) is 10.5. The van der Waals surface area contributed by atoms with E-state index >= 15 is 0 Å². The largest absolute Gasteiger partial charge is 0.482 e. The third-order valence-corrected chi connectivity index (χ3v) is 2.24. The lowest BCUT2D eigenvalue weighted by atomic mass is 10.2. The van der Waals surface area contributed by atoms with Crippen LogP contribution in [0.2, 0.25) is 0 Å². The van der Waals surface area contributed by atoms with Crippen molar-refractivity contribution in [3.05, 3.63) is 24.0 Å². The van der Waals surface area contributed by atoms with E-state index in [4.69, 9.17) is 5.73 Å². The molecule has 1 rings (SSSR count). The third-order valence-electron chi connectivity index (χ3n) is 2.24. The summed E-state index contributed by atoms with van der Waals surface area (Å²) in [6, 6.07) is 2.69. The molecule has 0 bridgehead atoms. The van der Waals surface area contributed by atoms with Crippen molar-refractivity contribution < 1.29 is 31.9 Å². The lowest BCUT2D eigenvalue weighted by Crippen LogP contribution is -2.36. The number of anilines is 1. The van der Waals surface area contributed by atoms with Gasteiger partial charge in [-0.25, -0.2) is 4.39 Å². The van der Waals surface area contributed by atoms with Crippen LogP contribution in [-0.2, 0) is 9.59 Å². The summed E-state index contributed by atoms with van der Waals surface area (Å²) in [6.45, 7) is -2.39. The highest BCUT2D eigenvalue weighted by atomic mass is 35.5. The molecule has 0 unspecified atom stereocenters. The summed E-state index contributed by atoms with van der Waals surface area (Å²) in [5, 5.41) is 4.37. The highest BCUT2D eigenvalue weighted by molar-refractivity contribution is 5.95. The van der Waals surface area contributed by atoms with Crippen LogP contribution >= 0.6 is 12.4 Å². The summed E-state index contributed by atoms with van der Waals surface area (Å²) < 4.78 is 53.9. The zero-order valence-corrected chi connectivity index (χ0v) is 12.4. The van der Waals surface area contributed by atoms with Gasteiger partial charge in [-0.3, -0.25) is 9.59 Å². The molecule has 0 spiro atoms. The minimum atomic E-state index is -4.61. The highest BCUT2D eigenvalue weighted by Crippen LogP contribution is 2.27. The number of benzene rings is 1. The van der Waals surface area contributed by atoms with Crippen LogP contribution in [-0.4, -0.2) is 37.7 Å². The Bertz CT molecular complexity index is 555. The molecule has 0 saturated carbocycles. The van der Waals surface area contributed by atoms with Crippen LogP contribution in [0.25, 0.3) is 0 Å². The first-order valence-electron chi connectivity index (χ1n) is 5.97. The first kappa shape index (κ1) is 20.9. The molecule has 23 heavy (non-hydrogen) atoms. The summed E-state index contributed by atoms with van der Waals surface area (Å²) in [5.74, 6) is -2.62. The Labute approximate surface area is 134 Å². The molecule has 0 aliphatic rings. The summed E-state index contributed by atoms with van der Waals surface area (Å²) in [7, 11) is 0. The number of alkyl halides is 3. The van der Waals surface area contributed by atoms with Gasteiger partial charge < -0.3 is 21.1 Å². The van der Waals surface area contributed by atoms with Gasteiger partial charge in [-0.05, 0) is 12.1 Å². The van der Waals surface area contributed by atoms with Gasteiger partial charge in [-0.15, -0.1) is 12.4 Å². The number of rotatable bonds is 6. The number of hydrogen-bond donors (Lipinski definition) is 3. The van der Waals surface area contributed by atoms with Crippen LogP contribution in [0.5, 0.6) is 5.75 Å². The number of carbonyl (C=O) groups is 2. The van der Waals surface area contributed by atoms with Crippen LogP contribution < -0.4 is 21.1 Å². The first-order chi connectivity index (χ1) is 10.2. The second kappa shape index (κ2) is 9.16. The van der Waals surface area contributed by atoms with Crippen molar-refractivity contribution in [3.63, 3.8) is 0 Å². The van der Waals surface area contributed by atoms with E-state index in [1.165, 1.54) is 0 Å². The lowest BCUT2D eigenvalue weighted by molar-refractivity contribution is -0.153. The van der Waals surface area contributed by atoms with Crippen LogP contribution in [0.3, 0.4) is 0 Å². The smallest absolute Gasteiger partial charge is 0.422 e. The predicted octanol–water partition coefficient (Wildman–Crippen LogP) is 1.20. The summed E-state index contributed by atoms with van der Waals surface area (Å²) in [4.78, 5) is 22.4. The minimum Gasteiger partial charge on any atom is -0.482 e. The molecule has 1 aromatic carbocycles. The average Bonchev–Trinajstić information content (AvgIpc) is 2.44. The molecule has 2 amide bonds. The average molecular weight is 360 g/mol. The number of amides is 2. The zero-order valence-electron chi connectivity index (χ0n) is 11.6. The fourth-order valence-corrected chi connectivity index (χ4v) is 1.32. The van der Waals surface area contributed by atoms with E-state index in [1.807, 2.05) is 0 Å². The molecule has 130 valence electrons. The van der Waals surface area contributed by atoms with Gasteiger partial charge in [0.25, 0.3) is 0 Å². The molecule has 0 aliphatic heterocycles. The van der Waals surface area contributed by atoms with Crippen molar-refractivity contribution in [1.29, 1.82) is 0 Å². The molecular weight excluding hydrogens is 346 g/mol.